The fourth-order valence-corrected chi connectivity index (χ4v) is 2.10. The number of halogens is 7. The Balaban J connectivity index is 3.47. The molecule has 0 aliphatic heterocycles. The molecule has 0 spiro atoms. The molecule has 0 aliphatic rings. The van der Waals surface area contributed by atoms with E-state index >= 15 is 0 Å². The van der Waals surface area contributed by atoms with Crippen molar-refractivity contribution in [1.82, 2.24) is 4.98 Å². The molecule has 1 aromatic rings. The van der Waals surface area contributed by atoms with Crippen LogP contribution in [-0.2, 0) is 27.5 Å². The van der Waals surface area contributed by atoms with E-state index in [0.29, 0.717) is 6.20 Å². The zero-order valence-electron chi connectivity index (χ0n) is 11.5. The largest absolute Gasteiger partial charge is 0.573 e. The third-order valence-electron chi connectivity index (χ3n) is 2.45. The first-order valence-corrected chi connectivity index (χ1v) is 7.17. The van der Waals surface area contributed by atoms with Gasteiger partial charge in [0.25, 0.3) is 0 Å². The van der Waals surface area contributed by atoms with Crippen molar-refractivity contribution in [2.45, 2.75) is 31.2 Å². The average molecular weight is 410 g/mol. The van der Waals surface area contributed by atoms with E-state index in [0.717, 1.165) is 0 Å². The van der Waals surface area contributed by atoms with Gasteiger partial charge in [-0.1, -0.05) is 15.9 Å². The van der Waals surface area contributed by atoms with Crippen LogP contribution in [0.1, 0.15) is 23.7 Å². The zero-order valence-corrected chi connectivity index (χ0v) is 13.1. The van der Waals surface area contributed by atoms with Crippen LogP contribution >= 0.6 is 15.9 Å². The summed E-state index contributed by atoms with van der Waals surface area (Å²) in [5.74, 6) is -2.51. The minimum absolute atomic E-state index is 0.0843. The summed E-state index contributed by atoms with van der Waals surface area (Å²) in [5, 5.41) is -0.402. The highest BCUT2D eigenvalue weighted by Crippen LogP contribution is 2.42. The Morgan fingerprint density at radius 1 is 1.26 bits per heavy atom. The predicted molar refractivity (Wildman–Crippen MR) is 68.9 cm³/mol. The summed E-state index contributed by atoms with van der Waals surface area (Å²) in [6.45, 7) is 1.35. The van der Waals surface area contributed by atoms with E-state index in [-0.39, 0.29) is 6.61 Å². The first kappa shape index (κ1) is 19.5. The second kappa shape index (κ2) is 7.37. The average Bonchev–Trinajstić information content (AvgIpc) is 2.35. The summed E-state index contributed by atoms with van der Waals surface area (Å²) in [4.78, 5) is 14.8. The second-order valence-electron chi connectivity index (χ2n) is 4.10. The Labute approximate surface area is 134 Å². The molecule has 0 unspecified atom stereocenters. The van der Waals surface area contributed by atoms with E-state index in [1.54, 1.807) is 0 Å². The number of aromatic nitrogens is 1. The molecule has 23 heavy (non-hydrogen) atoms. The van der Waals surface area contributed by atoms with Crippen LogP contribution in [0.15, 0.2) is 6.20 Å². The summed E-state index contributed by atoms with van der Waals surface area (Å²) >= 11 is 2.75. The van der Waals surface area contributed by atoms with Gasteiger partial charge in [-0.3, -0.25) is 9.78 Å². The van der Waals surface area contributed by atoms with Crippen LogP contribution in [0.2, 0.25) is 0 Å². The molecule has 0 saturated carbocycles. The molecule has 0 aromatic carbocycles. The van der Waals surface area contributed by atoms with E-state index in [4.69, 9.17) is 0 Å². The molecule has 0 bridgehead atoms. The van der Waals surface area contributed by atoms with Gasteiger partial charge in [-0.05, 0) is 12.5 Å². The topological polar surface area (TPSA) is 48.4 Å². The maximum Gasteiger partial charge on any atom is 0.573 e. The van der Waals surface area contributed by atoms with Crippen molar-refractivity contribution < 1.29 is 40.6 Å². The highest BCUT2D eigenvalue weighted by molar-refractivity contribution is 9.08. The third kappa shape index (κ3) is 5.56. The molecule has 0 amide bonds. The van der Waals surface area contributed by atoms with E-state index in [2.05, 4.69) is 30.4 Å². The van der Waals surface area contributed by atoms with Crippen molar-refractivity contribution in [3.8, 4) is 5.75 Å². The van der Waals surface area contributed by atoms with Gasteiger partial charge in [0.15, 0.2) is 5.75 Å². The van der Waals surface area contributed by atoms with Crippen molar-refractivity contribution in [2.75, 3.05) is 6.61 Å². The Morgan fingerprint density at radius 2 is 1.87 bits per heavy atom. The first-order chi connectivity index (χ1) is 10.5. The second-order valence-corrected chi connectivity index (χ2v) is 4.66. The molecule has 1 rings (SSSR count). The number of pyridine rings is 1. The van der Waals surface area contributed by atoms with Gasteiger partial charge in [0.2, 0.25) is 0 Å². The van der Waals surface area contributed by atoms with Crippen molar-refractivity contribution >= 4 is 21.9 Å². The van der Waals surface area contributed by atoms with E-state index in [9.17, 15) is 31.1 Å². The van der Waals surface area contributed by atoms with Crippen LogP contribution < -0.4 is 4.74 Å². The van der Waals surface area contributed by atoms with Crippen LogP contribution in [-0.4, -0.2) is 23.9 Å². The van der Waals surface area contributed by atoms with Gasteiger partial charge in [-0.25, -0.2) is 0 Å². The number of alkyl halides is 7. The van der Waals surface area contributed by atoms with Gasteiger partial charge in [0.1, 0.15) is 5.56 Å². The number of hydrogen-bond donors (Lipinski definition) is 0. The van der Waals surface area contributed by atoms with Crippen LogP contribution in [0.3, 0.4) is 0 Å². The number of ether oxygens (including phenoxy) is 2. The normalized spacial score (nSPS) is 12.2. The van der Waals surface area contributed by atoms with E-state index < -0.39 is 52.8 Å². The van der Waals surface area contributed by atoms with Gasteiger partial charge < -0.3 is 9.47 Å². The standard InChI is InChI=1S/C12H10BrF6NO3/c1-2-22-8(21)3-6-5-20-7(4-13)10(23-12(17,18)19)9(6)11(14,15)16/h5H,2-4H2,1H3. The molecule has 0 saturated heterocycles. The smallest absolute Gasteiger partial charge is 0.466 e. The minimum atomic E-state index is -5.35. The Bertz CT molecular complexity index is 573. The van der Waals surface area contributed by atoms with Crippen molar-refractivity contribution in [3.05, 3.63) is 23.0 Å². The van der Waals surface area contributed by atoms with Crippen molar-refractivity contribution in [2.24, 2.45) is 0 Å². The molecule has 0 atom stereocenters. The van der Waals surface area contributed by atoms with Crippen LogP contribution in [0, 0.1) is 0 Å². The minimum Gasteiger partial charge on any atom is -0.466 e. The summed E-state index contributed by atoms with van der Waals surface area (Å²) in [6.07, 6.45) is -10.7. The fourth-order valence-electron chi connectivity index (χ4n) is 1.70. The van der Waals surface area contributed by atoms with Crippen LogP contribution in [0.4, 0.5) is 26.3 Å². The fraction of sp³-hybridized carbons (Fsp3) is 0.500. The number of carbonyl (C=O) groups excluding carboxylic acids is 1. The Morgan fingerprint density at radius 3 is 2.30 bits per heavy atom. The number of hydrogen-bond acceptors (Lipinski definition) is 4. The lowest BCUT2D eigenvalue weighted by Gasteiger charge is -2.20. The molecular formula is C12H10BrF6NO3. The first-order valence-electron chi connectivity index (χ1n) is 6.04. The van der Waals surface area contributed by atoms with E-state index in [1.807, 2.05) is 0 Å². The van der Waals surface area contributed by atoms with Crippen LogP contribution in [0.25, 0.3) is 0 Å². The molecule has 1 aromatic heterocycles. The number of esters is 1. The molecule has 130 valence electrons. The lowest BCUT2D eigenvalue weighted by Crippen LogP contribution is -2.23. The number of rotatable bonds is 5. The highest BCUT2D eigenvalue weighted by Gasteiger charge is 2.43. The Kier molecular flexibility index (Phi) is 6.25. The molecular weight excluding hydrogens is 400 g/mol. The Hall–Kier alpha value is -1.52. The van der Waals surface area contributed by atoms with Gasteiger partial charge in [0, 0.05) is 11.5 Å². The lowest BCUT2D eigenvalue weighted by molar-refractivity contribution is -0.276. The van der Waals surface area contributed by atoms with Crippen LogP contribution in [0.5, 0.6) is 5.75 Å². The van der Waals surface area contributed by atoms with Gasteiger partial charge >= 0.3 is 18.5 Å². The third-order valence-corrected chi connectivity index (χ3v) is 2.99. The molecule has 1 heterocycles. The van der Waals surface area contributed by atoms with Gasteiger partial charge in [-0.2, -0.15) is 13.2 Å². The molecule has 0 radical (unpaired) electrons. The maximum absolute atomic E-state index is 13.2. The van der Waals surface area contributed by atoms with Crippen molar-refractivity contribution in [3.63, 3.8) is 0 Å². The lowest BCUT2D eigenvalue weighted by atomic mass is 10.0. The summed E-state index contributed by atoms with van der Waals surface area (Å²) in [5.41, 5.74) is -3.06. The van der Waals surface area contributed by atoms with Crippen molar-refractivity contribution in [1.29, 1.82) is 0 Å². The summed E-state index contributed by atoms with van der Waals surface area (Å²) in [7, 11) is 0. The quantitative estimate of drug-likeness (QED) is 0.419. The summed E-state index contributed by atoms with van der Waals surface area (Å²) in [6, 6.07) is 0. The summed E-state index contributed by atoms with van der Waals surface area (Å²) < 4.78 is 84.8. The maximum atomic E-state index is 13.2. The number of nitrogens with zero attached hydrogens (tertiary/aromatic N) is 1. The predicted octanol–water partition coefficient (Wildman–Crippen LogP) is 4.00. The molecule has 4 nitrogen and oxygen atoms in total. The van der Waals surface area contributed by atoms with Gasteiger partial charge in [0.05, 0.1) is 18.7 Å². The molecule has 11 heteroatoms. The molecule has 0 fully saturated rings. The number of carbonyl (C=O) groups is 1. The monoisotopic (exact) mass is 409 g/mol. The zero-order chi connectivity index (χ0) is 17.8. The highest BCUT2D eigenvalue weighted by atomic mass is 79.9. The molecule has 0 N–H and O–H groups in total. The SMILES string of the molecule is CCOC(=O)Cc1cnc(CBr)c(OC(F)(F)F)c1C(F)(F)F. The van der Waals surface area contributed by atoms with E-state index in [1.165, 1.54) is 6.92 Å². The molecule has 0 aliphatic carbocycles. The van der Waals surface area contributed by atoms with Gasteiger partial charge in [-0.15, -0.1) is 13.2 Å².